The normalized spacial score (nSPS) is 12.4. The summed E-state index contributed by atoms with van der Waals surface area (Å²) in [6.07, 6.45) is 6.19. The molecular weight excluding hydrogens is 186 g/mol. The first kappa shape index (κ1) is 11.9. The summed E-state index contributed by atoms with van der Waals surface area (Å²) >= 11 is 0. The van der Waals surface area contributed by atoms with Crippen LogP contribution in [0.2, 0.25) is 0 Å². The largest absolute Gasteiger partial charge is 0.292 e. The number of pyridine rings is 1. The molecule has 0 N–H and O–H groups in total. The van der Waals surface area contributed by atoms with E-state index in [1.165, 1.54) is 12.8 Å². The molecule has 82 valence electrons. The van der Waals surface area contributed by atoms with E-state index in [0.29, 0.717) is 5.69 Å². The minimum atomic E-state index is 0.103. The Hall–Kier alpha value is -1.18. The summed E-state index contributed by atoms with van der Waals surface area (Å²) in [7, 11) is 0. The van der Waals surface area contributed by atoms with Gasteiger partial charge < -0.3 is 0 Å². The molecule has 0 fully saturated rings. The van der Waals surface area contributed by atoms with Gasteiger partial charge in [0.25, 0.3) is 0 Å². The van der Waals surface area contributed by atoms with E-state index in [2.05, 4.69) is 11.9 Å². The van der Waals surface area contributed by atoms with Crippen LogP contribution in [0, 0.1) is 5.92 Å². The fourth-order valence-corrected chi connectivity index (χ4v) is 1.59. The molecule has 0 aromatic carbocycles. The van der Waals surface area contributed by atoms with Crippen molar-refractivity contribution in [3.05, 3.63) is 30.1 Å². The van der Waals surface area contributed by atoms with Crippen LogP contribution >= 0.6 is 0 Å². The topological polar surface area (TPSA) is 30.0 Å². The summed E-state index contributed by atoms with van der Waals surface area (Å²) in [5.41, 5.74) is 0.599. The fraction of sp³-hybridized carbons (Fsp3) is 0.538. The van der Waals surface area contributed by atoms with Crippen LogP contribution in [0.15, 0.2) is 24.4 Å². The highest BCUT2D eigenvalue weighted by Crippen LogP contribution is 2.13. The number of Topliss-reactive ketones (excluding diaryl/α,β-unsaturated/α-hetero) is 1. The Balaban J connectivity index is 2.46. The minimum Gasteiger partial charge on any atom is -0.292 e. The molecule has 1 aromatic rings. The first-order valence-corrected chi connectivity index (χ1v) is 5.71. The van der Waals surface area contributed by atoms with Crippen LogP contribution in [0.4, 0.5) is 0 Å². The van der Waals surface area contributed by atoms with Gasteiger partial charge in [0.2, 0.25) is 0 Å². The molecule has 15 heavy (non-hydrogen) atoms. The molecule has 1 rings (SSSR count). The van der Waals surface area contributed by atoms with Gasteiger partial charge in [0.1, 0.15) is 5.69 Å². The first-order valence-electron chi connectivity index (χ1n) is 5.71. The van der Waals surface area contributed by atoms with Gasteiger partial charge >= 0.3 is 0 Å². The Labute approximate surface area is 91.7 Å². The molecule has 1 unspecified atom stereocenters. The van der Waals surface area contributed by atoms with Gasteiger partial charge in [-0.3, -0.25) is 9.78 Å². The monoisotopic (exact) mass is 205 g/mol. The Bertz CT molecular complexity index is 295. The van der Waals surface area contributed by atoms with Gasteiger partial charge in [-0.25, -0.2) is 0 Å². The third-order valence-corrected chi connectivity index (χ3v) is 2.61. The number of hydrogen-bond donors (Lipinski definition) is 0. The van der Waals surface area contributed by atoms with Crippen molar-refractivity contribution in [2.45, 2.75) is 39.5 Å². The molecule has 0 amide bonds. The van der Waals surface area contributed by atoms with Crippen LogP contribution < -0.4 is 0 Å². The van der Waals surface area contributed by atoms with Crippen molar-refractivity contribution in [3.63, 3.8) is 0 Å². The van der Waals surface area contributed by atoms with Crippen molar-refractivity contribution in [1.82, 2.24) is 4.98 Å². The number of unbranched alkanes of at least 4 members (excludes halogenated alkanes) is 2. The van der Waals surface area contributed by atoms with Crippen molar-refractivity contribution >= 4 is 5.78 Å². The summed E-state index contributed by atoms with van der Waals surface area (Å²) in [6, 6.07) is 5.48. The highest BCUT2D eigenvalue weighted by atomic mass is 16.1. The molecule has 0 aliphatic carbocycles. The molecule has 0 saturated carbocycles. The molecule has 1 heterocycles. The van der Waals surface area contributed by atoms with E-state index in [0.717, 1.165) is 12.8 Å². The van der Waals surface area contributed by atoms with Crippen LogP contribution in [0.1, 0.15) is 50.0 Å². The molecule has 2 heteroatoms. The molecule has 0 radical (unpaired) electrons. The van der Waals surface area contributed by atoms with E-state index in [1.807, 2.05) is 19.1 Å². The van der Waals surface area contributed by atoms with Crippen LogP contribution in [-0.2, 0) is 0 Å². The minimum absolute atomic E-state index is 0.103. The fourth-order valence-electron chi connectivity index (χ4n) is 1.59. The zero-order valence-corrected chi connectivity index (χ0v) is 9.57. The zero-order chi connectivity index (χ0) is 11.1. The third kappa shape index (κ3) is 3.82. The number of carbonyl (C=O) groups excluding carboxylic acids is 1. The zero-order valence-electron chi connectivity index (χ0n) is 9.57. The number of nitrogens with zero attached hydrogens (tertiary/aromatic N) is 1. The van der Waals surface area contributed by atoms with E-state index in [4.69, 9.17) is 0 Å². The predicted octanol–water partition coefficient (Wildman–Crippen LogP) is 3.48. The molecule has 2 nitrogen and oxygen atoms in total. The van der Waals surface area contributed by atoms with Crippen LogP contribution in [0.5, 0.6) is 0 Å². The summed E-state index contributed by atoms with van der Waals surface area (Å²) < 4.78 is 0. The molecule has 0 spiro atoms. The van der Waals surface area contributed by atoms with Crippen LogP contribution in [0.25, 0.3) is 0 Å². The van der Waals surface area contributed by atoms with Crippen LogP contribution in [-0.4, -0.2) is 10.8 Å². The standard InChI is InChI=1S/C13H19NO/c1-3-4-5-8-11(2)13(15)12-9-6-7-10-14-12/h6-7,9-11H,3-5,8H2,1-2H3. The summed E-state index contributed by atoms with van der Waals surface area (Å²) in [5.74, 6) is 0.276. The second kappa shape index (κ2) is 6.33. The van der Waals surface area contributed by atoms with E-state index in [-0.39, 0.29) is 11.7 Å². The van der Waals surface area contributed by atoms with Crippen molar-refractivity contribution in [1.29, 1.82) is 0 Å². The lowest BCUT2D eigenvalue weighted by Gasteiger charge is -2.08. The first-order chi connectivity index (χ1) is 7.25. The van der Waals surface area contributed by atoms with Gasteiger partial charge in [0.15, 0.2) is 5.78 Å². The van der Waals surface area contributed by atoms with Gasteiger partial charge in [-0.1, -0.05) is 39.2 Å². The molecule has 1 aromatic heterocycles. The highest BCUT2D eigenvalue weighted by Gasteiger charge is 2.15. The Kier molecular flexibility index (Phi) is 5.02. The lowest BCUT2D eigenvalue weighted by molar-refractivity contribution is 0.0917. The van der Waals surface area contributed by atoms with Crippen molar-refractivity contribution in [2.75, 3.05) is 0 Å². The SMILES string of the molecule is CCCCCC(C)C(=O)c1ccccn1. The lowest BCUT2D eigenvalue weighted by Crippen LogP contribution is -2.12. The molecule has 1 atom stereocenters. The Morgan fingerprint density at radius 2 is 2.20 bits per heavy atom. The summed E-state index contributed by atoms with van der Waals surface area (Å²) in [5, 5.41) is 0. The number of ketones is 1. The number of hydrogen-bond acceptors (Lipinski definition) is 2. The lowest BCUT2D eigenvalue weighted by atomic mass is 9.97. The molecular formula is C13H19NO. The van der Waals surface area contributed by atoms with Gasteiger partial charge in [-0.05, 0) is 18.6 Å². The highest BCUT2D eigenvalue weighted by molar-refractivity contribution is 5.95. The second-order valence-corrected chi connectivity index (χ2v) is 3.98. The molecule has 0 saturated heterocycles. The van der Waals surface area contributed by atoms with E-state index in [1.54, 1.807) is 12.3 Å². The maximum atomic E-state index is 11.9. The quantitative estimate of drug-likeness (QED) is 0.525. The summed E-state index contributed by atoms with van der Waals surface area (Å²) in [4.78, 5) is 16.0. The average molecular weight is 205 g/mol. The maximum Gasteiger partial charge on any atom is 0.183 e. The van der Waals surface area contributed by atoms with Crippen molar-refractivity contribution in [3.8, 4) is 0 Å². The Morgan fingerprint density at radius 1 is 1.40 bits per heavy atom. The third-order valence-electron chi connectivity index (χ3n) is 2.61. The van der Waals surface area contributed by atoms with Crippen molar-refractivity contribution in [2.24, 2.45) is 5.92 Å². The predicted molar refractivity (Wildman–Crippen MR) is 61.9 cm³/mol. The number of rotatable bonds is 6. The number of aromatic nitrogens is 1. The average Bonchev–Trinajstić information content (AvgIpc) is 2.29. The van der Waals surface area contributed by atoms with Gasteiger partial charge in [-0.15, -0.1) is 0 Å². The second-order valence-electron chi connectivity index (χ2n) is 3.98. The molecule has 0 aliphatic heterocycles. The molecule has 0 bridgehead atoms. The smallest absolute Gasteiger partial charge is 0.183 e. The summed E-state index contributed by atoms with van der Waals surface area (Å²) in [6.45, 7) is 4.16. The van der Waals surface area contributed by atoms with E-state index in [9.17, 15) is 4.79 Å². The van der Waals surface area contributed by atoms with Crippen molar-refractivity contribution < 1.29 is 4.79 Å². The van der Waals surface area contributed by atoms with Gasteiger partial charge in [0, 0.05) is 12.1 Å². The molecule has 0 aliphatic rings. The number of carbonyl (C=O) groups is 1. The van der Waals surface area contributed by atoms with Gasteiger partial charge in [0.05, 0.1) is 0 Å². The van der Waals surface area contributed by atoms with Gasteiger partial charge in [-0.2, -0.15) is 0 Å². The maximum absolute atomic E-state index is 11.9. The van der Waals surface area contributed by atoms with Crippen LogP contribution in [0.3, 0.4) is 0 Å². The van der Waals surface area contributed by atoms with E-state index >= 15 is 0 Å². The Morgan fingerprint density at radius 3 is 2.80 bits per heavy atom. The van der Waals surface area contributed by atoms with E-state index < -0.39 is 0 Å².